The molecule has 0 bridgehead atoms. The smallest absolute Gasteiger partial charge is 0.489 e. The van der Waals surface area contributed by atoms with Crippen LogP contribution in [-0.4, -0.2) is 85.7 Å². The van der Waals surface area contributed by atoms with Crippen LogP contribution in [0.3, 0.4) is 0 Å². The number of nitrogens with one attached hydrogen (secondary N) is 4. The van der Waals surface area contributed by atoms with Crippen molar-refractivity contribution < 1.29 is 75.7 Å². The van der Waals surface area contributed by atoms with E-state index in [1.807, 2.05) is 37.3 Å². The largest absolute Gasteiger partial charge is 0.490 e. The van der Waals surface area contributed by atoms with Gasteiger partial charge in [-0.1, -0.05) is 18.2 Å². The van der Waals surface area contributed by atoms with Crippen molar-refractivity contribution in [3.05, 3.63) is 71.4 Å². The predicted octanol–water partition coefficient (Wildman–Crippen LogP) is 2.62. The lowest BCUT2D eigenvalue weighted by molar-refractivity contribution is -0.193. The molecule has 2 aromatic carbocycles. The Balaban J connectivity index is 0.000000521. The zero-order valence-corrected chi connectivity index (χ0v) is 25.6. The van der Waals surface area contributed by atoms with E-state index in [1.165, 1.54) is 0 Å². The molecule has 21 heteroatoms. The third-order valence-electron chi connectivity index (χ3n) is 6.64. The second-order valence-electron chi connectivity index (χ2n) is 10.4. The zero-order chi connectivity index (χ0) is 37.9. The normalized spacial score (nSPS) is 16.9. The summed E-state index contributed by atoms with van der Waals surface area (Å²) in [7, 11) is 0. The first-order valence-electron chi connectivity index (χ1n) is 13.8. The van der Waals surface area contributed by atoms with Crippen LogP contribution >= 0.6 is 0 Å². The van der Waals surface area contributed by atoms with E-state index in [-0.39, 0.29) is 19.4 Å². The van der Waals surface area contributed by atoms with Gasteiger partial charge in [0, 0.05) is 28.8 Å². The van der Waals surface area contributed by atoms with E-state index in [0.29, 0.717) is 17.9 Å². The van der Waals surface area contributed by atoms with E-state index in [4.69, 9.17) is 35.0 Å². The number of carbonyl (C=O) groups excluding carboxylic acids is 3. The molecule has 0 saturated carbocycles. The molecule has 50 heavy (non-hydrogen) atoms. The van der Waals surface area contributed by atoms with Crippen LogP contribution in [-0.2, 0) is 25.8 Å². The lowest BCUT2D eigenvalue weighted by Gasteiger charge is -2.29. The van der Waals surface area contributed by atoms with Gasteiger partial charge in [0.1, 0.15) is 12.4 Å². The van der Waals surface area contributed by atoms with Gasteiger partial charge in [0.25, 0.3) is 11.8 Å². The molecule has 4 rings (SSSR count). The molecule has 2 heterocycles. The summed E-state index contributed by atoms with van der Waals surface area (Å²) in [6, 6.07) is 15.5. The maximum atomic E-state index is 13.0. The molecular weight excluding hydrogens is 692 g/mol. The Morgan fingerprint density at radius 3 is 2.00 bits per heavy atom. The van der Waals surface area contributed by atoms with Gasteiger partial charge < -0.3 is 25.6 Å². The van der Waals surface area contributed by atoms with Crippen molar-refractivity contribution in [3.63, 3.8) is 0 Å². The predicted molar refractivity (Wildman–Crippen MR) is 156 cm³/mol. The van der Waals surface area contributed by atoms with Crippen molar-refractivity contribution in [1.29, 1.82) is 0 Å². The molecule has 3 amide bonds. The van der Waals surface area contributed by atoms with Crippen molar-refractivity contribution in [2.24, 2.45) is 0 Å². The molecule has 1 aliphatic rings. The Kier molecular flexibility index (Phi) is 14.0. The summed E-state index contributed by atoms with van der Waals surface area (Å²) < 4.78 is 69.4. The topological polar surface area (TPSA) is 237 Å². The molecule has 2 unspecified atom stereocenters. The zero-order valence-electron chi connectivity index (χ0n) is 25.6. The highest BCUT2D eigenvalue weighted by atomic mass is 19.4. The molecule has 3 aromatic rings. The van der Waals surface area contributed by atoms with Gasteiger partial charge in [-0.05, 0) is 49.7 Å². The number of para-hydroxylation sites is 1. The quantitative estimate of drug-likeness (QED) is 0.0953. The molecule has 15 nitrogen and oxygen atoms in total. The van der Waals surface area contributed by atoms with Crippen molar-refractivity contribution in [1.82, 2.24) is 26.6 Å². The minimum atomic E-state index is -5.08. The molecule has 1 aromatic heterocycles. The van der Waals surface area contributed by atoms with Gasteiger partial charge >= 0.3 is 24.3 Å². The molecule has 272 valence electrons. The SMILES string of the molecule is Cc1cc(COc2ccc(C(=O)NC3(CC(=O)NO)CNC(C(=O)NO)C3)cc2)c2ccccc2n1.O=C(O)C(F)(F)F.O=C(O)C(F)(F)F. The summed E-state index contributed by atoms with van der Waals surface area (Å²) in [6.45, 7) is 2.35. The average molecular weight is 722 g/mol. The minimum Gasteiger partial charge on any atom is -0.489 e. The highest BCUT2D eigenvalue weighted by Gasteiger charge is 2.44. The van der Waals surface area contributed by atoms with Crippen LogP contribution in [0.5, 0.6) is 5.75 Å². The number of aryl methyl sites for hydroxylation is 1. The van der Waals surface area contributed by atoms with E-state index in [1.54, 1.807) is 35.2 Å². The van der Waals surface area contributed by atoms with E-state index in [2.05, 4.69) is 15.6 Å². The number of carboxylic acid groups (broad SMARTS) is 2. The Labute approximate surface area is 277 Å². The third kappa shape index (κ3) is 12.2. The number of alkyl halides is 6. The van der Waals surface area contributed by atoms with E-state index in [9.17, 15) is 40.7 Å². The van der Waals surface area contributed by atoms with Crippen molar-refractivity contribution in [2.75, 3.05) is 6.54 Å². The molecule has 1 aliphatic heterocycles. The number of carbonyl (C=O) groups is 5. The Bertz CT molecular complexity index is 1660. The molecule has 1 saturated heterocycles. The van der Waals surface area contributed by atoms with Gasteiger partial charge in [-0.3, -0.25) is 29.8 Å². The Morgan fingerprint density at radius 1 is 0.920 bits per heavy atom. The number of hydrogen-bond acceptors (Lipinski definition) is 10. The van der Waals surface area contributed by atoms with Gasteiger partial charge in [0.15, 0.2) is 0 Å². The molecule has 0 radical (unpaired) electrons. The maximum absolute atomic E-state index is 13.0. The first kappa shape index (κ1) is 40.6. The standard InChI is InChI=1S/C25H27N5O6.2C2HF3O2/c1-15-10-17(19-4-2-3-5-20(19)27-15)13-36-18-8-6-16(7-9-18)23(32)28-25(12-22(31)29-34)11-21(26-14-25)24(33)30-35;2*3-2(4,5)1(6)7/h2-10,21,26,34-35H,11-14H2,1H3,(H,28,32)(H,29,31)(H,30,33);2*(H,6,7). The van der Waals surface area contributed by atoms with Gasteiger partial charge in [0.05, 0.1) is 23.5 Å². The fourth-order valence-electron chi connectivity index (χ4n) is 4.43. The molecule has 0 aliphatic carbocycles. The summed E-state index contributed by atoms with van der Waals surface area (Å²) in [5.41, 5.74) is 5.08. The number of ether oxygens (including phenoxy) is 1. The first-order chi connectivity index (χ1) is 23.2. The fraction of sp³-hybridized carbons (Fsp3) is 0.310. The van der Waals surface area contributed by atoms with Gasteiger partial charge in [0.2, 0.25) is 5.91 Å². The van der Waals surface area contributed by atoms with Gasteiger partial charge in [-0.15, -0.1) is 0 Å². The molecule has 0 spiro atoms. The number of pyridine rings is 1. The summed E-state index contributed by atoms with van der Waals surface area (Å²) in [6.07, 6.45) is -10.4. The number of fused-ring (bicyclic) bond motifs is 1. The number of aromatic nitrogens is 1. The van der Waals surface area contributed by atoms with E-state index >= 15 is 0 Å². The van der Waals surface area contributed by atoms with Crippen LogP contribution in [0, 0.1) is 6.92 Å². The number of aliphatic carboxylic acids is 2. The summed E-state index contributed by atoms with van der Waals surface area (Å²) in [5.74, 6) is -6.81. The number of benzene rings is 2. The number of hydroxylamine groups is 2. The average Bonchev–Trinajstić information content (AvgIpc) is 3.46. The summed E-state index contributed by atoms with van der Waals surface area (Å²) in [5, 5.41) is 38.8. The lowest BCUT2D eigenvalue weighted by atomic mass is 9.90. The minimum absolute atomic E-state index is 0.0407. The number of nitrogens with zero attached hydrogens (tertiary/aromatic N) is 1. The van der Waals surface area contributed by atoms with Crippen LogP contribution in [0.15, 0.2) is 54.6 Å². The number of halogens is 6. The number of rotatable bonds is 8. The second kappa shape index (κ2) is 17.2. The van der Waals surface area contributed by atoms with Gasteiger partial charge in [-0.25, -0.2) is 20.5 Å². The van der Waals surface area contributed by atoms with Gasteiger partial charge in [-0.2, -0.15) is 26.3 Å². The monoisotopic (exact) mass is 721 g/mol. The maximum Gasteiger partial charge on any atom is 0.490 e. The number of amides is 3. The fourth-order valence-corrected chi connectivity index (χ4v) is 4.43. The second-order valence-corrected chi connectivity index (χ2v) is 10.4. The molecule has 2 atom stereocenters. The van der Waals surface area contributed by atoms with Crippen molar-refractivity contribution in [2.45, 2.75) is 50.3 Å². The number of hydrogen-bond donors (Lipinski definition) is 8. The highest BCUT2D eigenvalue weighted by Crippen LogP contribution is 2.25. The van der Waals surface area contributed by atoms with E-state index < -0.39 is 53.6 Å². The molecular formula is C29H29F6N5O10. The lowest BCUT2D eigenvalue weighted by Crippen LogP contribution is -2.52. The highest BCUT2D eigenvalue weighted by molar-refractivity contribution is 5.95. The number of carboxylic acids is 2. The van der Waals surface area contributed by atoms with Crippen LogP contribution in [0.4, 0.5) is 26.3 Å². The molecule has 8 N–H and O–H groups in total. The van der Waals surface area contributed by atoms with Crippen LogP contribution < -0.4 is 26.3 Å². The third-order valence-corrected chi connectivity index (χ3v) is 6.64. The van der Waals surface area contributed by atoms with Crippen molar-refractivity contribution in [3.8, 4) is 5.75 Å². The first-order valence-corrected chi connectivity index (χ1v) is 13.8. The Hall–Kier alpha value is -5.54. The summed E-state index contributed by atoms with van der Waals surface area (Å²) >= 11 is 0. The van der Waals surface area contributed by atoms with Crippen LogP contribution in [0.25, 0.3) is 10.9 Å². The summed E-state index contributed by atoms with van der Waals surface area (Å²) in [4.78, 5) is 59.0. The van der Waals surface area contributed by atoms with Crippen molar-refractivity contribution >= 4 is 40.6 Å². The van der Waals surface area contributed by atoms with E-state index in [0.717, 1.165) is 22.2 Å². The van der Waals surface area contributed by atoms with Crippen LogP contribution in [0.2, 0.25) is 0 Å². The molecule has 1 fully saturated rings. The Morgan fingerprint density at radius 2 is 1.48 bits per heavy atom. The van der Waals surface area contributed by atoms with Crippen LogP contribution in [0.1, 0.15) is 34.5 Å².